The Hall–Kier alpha value is -2.98. The number of amides is 1. The van der Waals surface area contributed by atoms with Crippen LogP contribution in [0.1, 0.15) is 23.2 Å². The number of benzene rings is 1. The van der Waals surface area contributed by atoms with Gasteiger partial charge < -0.3 is 19.8 Å². The SMILES string of the molecule is O=C(Nc1ccncn1)c1cc2c(OCC[C@@H]3CCO3)c(-c3ccc(Cl)s3)c(=O)[nH]c2cc1Cl. The van der Waals surface area contributed by atoms with E-state index in [1.54, 1.807) is 30.3 Å². The Labute approximate surface area is 207 Å². The number of thiophene rings is 1. The Morgan fingerprint density at radius 2 is 2.15 bits per heavy atom. The van der Waals surface area contributed by atoms with Crippen LogP contribution in [0.4, 0.5) is 5.82 Å². The molecule has 1 aromatic carbocycles. The van der Waals surface area contributed by atoms with Gasteiger partial charge in [0.15, 0.2) is 0 Å². The van der Waals surface area contributed by atoms with Crippen molar-refractivity contribution in [1.29, 1.82) is 0 Å². The normalized spacial score (nSPS) is 15.2. The van der Waals surface area contributed by atoms with Crippen molar-refractivity contribution in [3.8, 4) is 16.2 Å². The molecule has 0 spiro atoms. The lowest BCUT2D eigenvalue weighted by Gasteiger charge is -2.26. The number of aromatic amines is 1. The van der Waals surface area contributed by atoms with Crippen molar-refractivity contribution in [3.63, 3.8) is 0 Å². The summed E-state index contributed by atoms with van der Waals surface area (Å²) in [6.45, 7) is 1.10. The van der Waals surface area contributed by atoms with Crippen LogP contribution in [-0.4, -0.2) is 40.2 Å². The van der Waals surface area contributed by atoms with Gasteiger partial charge in [0.05, 0.1) is 38.7 Å². The highest BCUT2D eigenvalue weighted by atomic mass is 35.5. The lowest BCUT2D eigenvalue weighted by molar-refractivity contribution is -0.0595. The van der Waals surface area contributed by atoms with Crippen molar-refractivity contribution >= 4 is 57.2 Å². The summed E-state index contributed by atoms with van der Waals surface area (Å²) >= 11 is 13.8. The predicted molar refractivity (Wildman–Crippen MR) is 132 cm³/mol. The first-order valence-electron chi connectivity index (χ1n) is 10.5. The number of fused-ring (bicyclic) bond motifs is 1. The van der Waals surface area contributed by atoms with Gasteiger partial charge in [0.25, 0.3) is 11.5 Å². The van der Waals surface area contributed by atoms with Gasteiger partial charge in [-0.05, 0) is 36.8 Å². The number of hydrogen-bond donors (Lipinski definition) is 2. The van der Waals surface area contributed by atoms with E-state index in [4.69, 9.17) is 32.7 Å². The first kappa shape index (κ1) is 22.8. The molecule has 1 fully saturated rings. The number of rotatable bonds is 7. The molecule has 4 aromatic rings. The summed E-state index contributed by atoms with van der Waals surface area (Å²) < 4.78 is 12.2. The first-order valence-corrected chi connectivity index (χ1v) is 12.0. The molecule has 1 saturated heterocycles. The number of pyridine rings is 1. The average molecular weight is 517 g/mol. The highest BCUT2D eigenvalue weighted by molar-refractivity contribution is 7.19. The van der Waals surface area contributed by atoms with E-state index >= 15 is 0 Å². The Morgan fingerprint density at radius 3 is 2.82 bits per heavy atom. The van der Waals surface area contributed by atoms with Gasteiger partial charge in [-0.15, -0.1) is 11.3 Å². The van der Waals surface area contributed by atoms with Crippen molar-refractivity contribution in [3.05, 3.63) is 68.1 Å². The number of anilines is 1. The molecular formula is C23H18Cl2N4O4S. The van der Waals surface area contributed by atoms with Crippen LogP contribution < -0.4 is 15.6 Å². The first-order chi connectivity index (χ1) is 16.5. The van der Waals surface area contributed by atoms with Gasteiger partial charge in [-0.25, -0.2) is 9.97 Å². The van der Waals surface area contributed by atoms with Crippen molar-refractivity contribution < 1.29 is 14.3 Å². The molecule has 8 nitrogen and oxygen atoms in total. The zero-order chi connectivity index (χ0) is 23.7. The fourth-order valence-corrected chi connectivity index (χ4v) is 4.97. The number of H-pyrrole nitrogens is 1. The number of ether oxygens (including phenoxy) is 2. The molecule has 0 radical (unpaired) electrons. The molecule has 0 aliphatic carbocycles. The summed E-state index contributed by atoms with van der Waals surface area (Å²) in [5, 5.41) is 3.42. The van der Waals surface area contributed by atoms with Crippen LogP contribution in [0.2, 0.25) is 9.36 Å². The van der Waals surface area contributed by atoms with E-state index in [2.05, 4.69) is 20.3 Å². The van der Waals surface area contributed by atoms with Crippen LogP contribution in [-0.2, 0) is 4.74 Å². The maximum absolute atomic E-state index is 13.1. The van der Waals surface area contributed by atoms with Crippen LogP contribution in [0.3, 0.4) is 0 Å². The number of hydrogen-bond acceptors (Lipinski definition) is 7. The maximum Gasteiger partial charge on any atom is 0.260 e. The number of nitrogens with one attached hydrogen (secondary N) is 2. The van der Waals surface area contributed by atoms with Crippen molar-refractivity contribution in [2.75, 3.05) is 18.5 Å². The molecule has 0 saturated carbocycles. The molecule has 4 heterocycles. The Balaban J connectivity index is 1.60. The van der Waals surface area contributed by atoms with Gasteiger partial charge in [0.1, 0.15) is 17.9 Å². The molecule has 0 unspecified atom stereocenters. The lowest BCUT2D eigenvalue weighted by Crippen LogP contribution is -2.28. The molecule has 0 bridgehead atoms. The van der Waals surface area contributed by atoms with E-state index in [1.807, 2.05) is 0 Å². The predicted octanol–water partition coefficient (Wildman–Crippen LogP) is 5.16. The van der Waals surface area contributed by atoms with Crippen LogP contribution in [0.25, 0.3) is 21.3 Å². The van der Waals surface area contributed by atoms with Gasteiger partial charge in [-0.2, -0.15) is 0 Å². The van der Waals surface area contributed by atoms with Gasteiger partial charge in [0, 0.05) is 29.5 Å². The molecule has 1 aliphatic heterocycles. The second-order valence-corrected chi connectivity index (χ2v) is 9.73. The minimum atomic E-state index is -0.452. The fourth-order valence-electron chi connectivity index (χ4n) is 3.64. The smallest absolute Gasteiger partial charge is 0.260 e. The van der Waals surface area contributed by atoms with E-state index in [0.29, 0.717) is 50.3 Å². The quantitative estimate of drug-likeness (QED) is 0.351. The average Bonchev–Trinajstić information content (AvgIpc) is 3.21. The molecule has 3 aromatic heterocycles. The van der Waals surface area contributed by atoms with E-state index in [0.717, 1.165) is 13.0 Å². The third-order valence-electron chi connectivity index (χ3n) is 5.42. The van der Waals surface area contributed by atoms with E-state index in [-0.39, 0.29) is 22.2 Å². The van der Waals surface area contributed by atoms with Gasteiger partial charge in [-0.1, -0.05) is 23.2 Å². The standard InChI is InChI=1S/C23H18Cl2N4O4S/c24-15-10-16-14(9-13(15)22(30)29-19-3-6-26-11-27-19)21(33-8-5-12-4-7-32-12)20(23(31)28-16)17-1-2-18(25)34-17/h1-3,6,9-12H,4-5,7-8H2,(H,28,31)(H,26,27,29,30)/t12-/m0/s1. The summed E-state index contributed by atoms with van der Waals surface area (Å²) in [5.41, 5.74) is 0.677. The Morgan fingerprint density at radius 1 is 1.29 bits per heavy atom. The molecule has 11 heteroatoms. The largest absolute Gasteiger partial charge is 0.492 e. The molecule has 1 amide bonds. The highest BCUT2D eigenvalue weighted by Crippen LogP contribution is 2.39. The molecule has 174 valence electrons. The third-order valence-corrected chi connectivity index (χ3v) is 6.98. The monoisotopic (exact) mass is 516 g/mol. The van der Waals surface area contributed by atoms with Crippen LogP contribution in [0.15, 0.2) is 47.7 Å². The van der Waals surface area contributed by atoms with E-state index < -0.39 is 5.91 Å². The van der Waals surface area contributed by atoms with Gasteiger partial charge in [0.2, 0.25) is 0 Å². The summed E-state index contributed by atoms with van der Waals surface area (Å²) in [7, 11) is 0. The summed E-state index contributed by atoms with van der Waals surface area (Å²) in [6.07, 6.45) is 4.67. The molecule has 5 rings (SSSR count). The second-order valence-electron chi connectivity index (χ2n) is 7.61. The van der Waals surface area contributed by atoms with Crippen LogP contribution >= 0.6 is 34.5 Å². The second kappa shape index (κ2) is 9.71. The third kappa shape index (κ3) is 4.65. The maximum atomic E-state index is 13.1. The fraction of sp³-hybridized carbons (Fsp3) is 0.217. The van der Waals surface area contributed by atoms with Crippen LogP contribution in [0.5, 0.6) is 5.75 Å². The summed E-state index contributed by atoms with van der Waals surface area (Å²) in [6, 6.07) is 8.21. The number of carbonyl (C=O) groups excluding carboxylic acids is 1. The van der Waals surface area contributed by atoms with Crippen molar-refractivity contribution in [2.24, 2.45) is 0 Å². The Bertz CT molecular complexity index is 1420. The number of halogens is 2. The summed E-state index contributed by atoms with van der Waals surface area (Å²) in [5.74, 6) is 0.249. The zero-order valence-electron chi connectivity index (χ0n) is 17.6. The molecule has 2 N–H and O–H groups in total. The molecule has 1 aliphatic rings. The summed E-state index contributed by atoms with van der Waals surface area (Å²) in [4.78, 5) is 37.4. The molecule has 1 atom stereocenters. The van der Waals surface area contributed by atoms with E-state index in [1.165, 1.54) is 23.9 Å². The van der Waals surface area contributed by atoms with Crippen molar-refractivity contribution in [1.82, 2.24) is 15.0 Å². The highest BCUT2D eigenvalue weighted by Gasteiger charge is 2.23. The number of nitrogens with zero attached hydrogens (tertiary/aromatic N) is 2. The zero-order valence-corrected chi connectivity index (χ0v) is 20.0. The minimum Gasteiger partial charge on any atom is -0.492 e. The van der Waals surface area contributed by atoms with Crippen molar-refractivity contribution in [2.45, 2.75) is 18.9 Å². The van der Waals surface area contributed by atoms with Gasteiger partial charge in [-0.3, -0.25) is 9.59 Å². The molecule has 34 heavy (non-hydrogen) atoms. The Kier molecular flexibility index (Phi) is 6.51. The lowest BCUT2D eigenvalue weighted by atomic mass is 10.1. The van der Waals surface area contributed by atoms with Gasteiger partial charge >= 0.3 is 0 Å². The van der Waals surface area contributed by atoms with Crippen LogP contribution in [0, 0.1) is 0 Å². The number of aromatic nitrogens is 3. The van der Waals surface area contributed by atoms with E-state index in [9.17, 15) is 9.59 Å². The minimum absolute atomic E-state index is 0.150. The number of carbonyl (C=O) groups is 1. The topological polar surface area (TPSA) is 106 Å². The molecular weight excluding hydrogens is 499 g/mol.